The van der Waals surface area contributed by atoms with Crippen molar-refractivity contribution in [1.82, 2.24) is 0 Å². The van der Waals surface area contributed by atoms with E-state index in [0.717, 1.165) is 16.7 Å². The lowest BCUT2D eigenvalue weighted by atomic mass is 10.4. The third-order valence-corrected chi connectivity index (χ3v) is 3.36. The minimum Gasteiger partial charge on any atom is -0.0885 e. The Kier molecular flexibility index (Phi) is 0.945. The topological polar surface area (TPSA) is 0 Å². The molecule has 0 unspecified atom stereocenters. The molecule has 0 saturated heterocycles. The monoisotopic (exact) mass is 148 g/mol. The number of rotatable bonds is 0. The van der Waals surface area contributed by atoms with Crippen molar-refractivity contribution >= 4 is 15.9 Å². The molecular weight excluding hydrogens is 140 g/mol. The molecule has 0 aromatic heterocycles. The summed E-state index contributed by atoms with van der Waals surface area (Å²) in [4.78, 5) is 0.831. The van der Waals surface area contributed by atoms with Gasteiger partial charge < -0.3 is 0 Å². The Morgan fingerprint density at radius 1 is 1.17 bits per heavy atom. The molecule has 0 aromatic rings. The first kappa shape index (κ1) is 4.63. The molecule has 1 rings (SSSR count). The summed E-state index contributed by atoms with van der Waals surface area (Å²) in [6.07, 6.45) is 0. The van der Waals surface area contributed by atoms with Crippen molar-refractivity contribution in [3.8, 4) is 0 Å². The molecule has 0 aromatic carbocycles. The third-order valence-electron chi connectivity index (χ3n) is 1.69. The lowest BCUT2D eigenvalue weighted by molar-refractivity contribution is 0.834. The Hall–Kier alpha value is 0.480. The first-order valence-electron chi connectivity index (χ1n) is 2.37. The predicted octanol–water partition coefficient (Wildman–Crippen LogP) is 2.04. The van der Waals surface area contributed by atoms with E-state index in [2.05, 4.69) is 29.8 Å². The average molecular weight is 149 g/mol. The SMILES string of the molecule is C[C@@H]1C(Br)[C@H]1C. The fourth-order valence-electron chi connectivity index (χ4n) is 0.602. The predicted molar refractivity (Wildman–Crippen MR) is 31.0 cm³/mol. The van der Waals surface area contributed by atoms with Crippen molar-refractivity contribution in [3.05, 3.63) is 0 Å². The third kappa shape index (κ3) is 0.494. The molecule has 1 saturated carbocycles. The normalized spacial score (nSPS) is 55.5. The summed E-state index contributed by atoms with van der Waals surface area (Å²) in [5.41, 5.74) is 0. The van der Waals surface area contributed by atoms with Gasteiger partial charge in [0.15, 0.2) is 0 Å². The highest BCUT2D eigenvalue weighted by Gasteiger charge is 2.40. The maximum atomic E-state index is 3.51. The summed E-state index contributed by atoms with van der Waals surface area (Å²) >= 11 is 3.51. The van der Waals surface area contributed by atoms with E-state index in [1.165, 1.54) is 0 Å². The van der Waals surface area contributed by atoms with Gasteiger partial charge in [0.2, 0.25) is 0 Å². The summed E-state index contributed by atoms with van der Waals surface area (Å²) in [6.45, 7) is 4.54. The van der Waals surface area contributed by atoms with Crippen LogP contribution in [-0.2, 0) is 0 Å². The maximum absolute atomic E-state index is 3.51. The molecule has 0 amide bonds. The summed E-state index contributed by atoms with van der Waals surface area (Å²) in [5, 5.41) is 0. The van der Waals surface area contributed by atoms with Gasteiger partial charge in [0.25, 0.3) is 0 Å². The molecule has 1 fully saturated rings. The van der Waals surface area contributed by atoms with Gasteiger partial charge in [0.1, 0.15) is 0 Å². The molecule has 0 nitrogen and oxygen atoms in total. The van der Waals surface area contributed by atoms with E-state index in [0.29, 0.717) is 0 Å². The van der Waals surface area contributed by atoms with Gasteiger partial charge in [-0.3, -0.25) is 0 Å². The number of alkyl halides is 1. The molecule has 6 heavy (non-hydrogen) atoms. The lowest BCUT2D eigenvalue weighted by Gasteiger charge is -1.65. The van der Waals surface area contributed by atoms with Crippen LogP contribution in [-0.4, -0.2) is 4.83 Å². The lowest BCUT2D eigenvalue weighted by Crippen LogP contribution is -1.60. The van der Waals surface area contributed by atoms with Gasteiger partial charge in [-0.25, -0.2) is 0 Å². The highest BCUT2D eigenvalue weighted by Crippen LogP contribution is 2.43. The van der Waals surface area contributed by atoms with Gasteiger partial charge in [-0.05, 0) is 11.8 Å². The van der Waals surface area contributed by atoms with Crippen LogP contribution in [0.25, 0.3) is 0 Å². The van der Waals surface area contributed by atoms with Crippen molar-refractivity contribution in [1.29, 1.82) is 0 Å². The van der Waals surface area contributed by atoms with Crippen molar-refractivity contribution < 1.29 is 0 Å². The molecule has 1 aliphatic rings. The van der Waals surface area contributed by atoms with E-state index >= 15 is 0 Å². The van der Waals surface area contributed by atoms with Crippen molar-refractivity contribution in [2.75, 3.05) is 0 Å². The molecule has 1 aliphatic carbocycles. The van der Waals surface area contributed by atoms with Gasteiger partial charge in [0.05, 0.1) is 0 Å². The van der Waals surface area contributed by atoms with Crippen LogP contribution in [0.15, 0.2) is 0 Å². The van der Waals surface area contributed by atoms with E-state index in [-0.39, 0.29) is 0 Å². The molecule has 0 bridgehead atoms. The van der Waals surface area contributed by atoms with Gasteiger partial charge in [-0.15, -0.1) is 0 Å². The highest BCUT2D eigenvalue weighted by molar-refractivity contribution is 9.09. The van der Waals surface area contributed by atoms with Crippen LogP contribution >= 0.6 is 15.9 Å². The van der Waals surface area contributed by atoms with Crippen molar-refractivity contribution in [2.45, 2.75) is 18.7 Å². The van der Waals surface area contributed by atoms with Crippen molar-refractivity contribution in [3.63, 3.8) is 0 Å². The van der Waals surface area contributed by atoms with E-state index in [4.69, 9.17) is 0 Å². The largest absolute Gasteiger partial charge is 0.0885 e. The number of hydrogen-bond acceptors (Lipinski definition) is 0. The maximum Gasteiger partial charge on any atom is 0.0202 e. The van der Waals surface area contributed by atoms with E-state index in [9.17, 15) is 0 Å². The van der Waals surface area contributed by atoms with Gasteiger partial charge in [-0.2, -0.15) is 0 Å². The Balaban J connectivity index is 2.31. The smallest absolute Gasteiger partial charge is 0.0202 e. The second kappa shape index (κ2) is 1.22. The van der Waals surface area contributed by atoms with Gasteiger partial charge in [-0.1, -0.05) is 29.8 Å². The van der Waals surface area contributed by atoms with Crippen molar-refractivity contribution in [2.24, 2.45) is 11.8 Å². The molecule has 1 heteroatoms. The Labute approximate surface area is 47.1 Å². The molecule has 36 valence electrons. The summed E-state index contributed by atoms with van der Waals surface area (Å²) in [7, 11) is 0. The zero-order chi connectivity index (χ0) is 4.73. The summed E-state index contributed by atoms with van der Waals surface area (Å²) < 4.78 is 0. The molecular formula is C5H9Br. The first-order chi connectivity index (χ1) is 2.73. The number of hydrogen-bond donors (Lipinski definition) is 0. The number of halogens is 1. The van der Waals surface area contributed by atoms with Gasteiger partial charge >= 0.3 is 0 Å². The van der Waals surface area contributed by atoms with Crippen LogP contribution < -0.4 is 0 Å². The molecule has 2 atom stereocenters. The highest BCUT2D eigenvalue weighted by atomic mass is 79.9. The molecule has 0 aliphatic heterocycles. The van der Waals surface area contributed by atoms with E-state index < -0.39 is 0 Å². The van der Waals surface area contributed by atoms with E-state index in [1.54, 1.807) is 0 Å². The van der Waals surface area contributed by atoms with Crippen LogP contribution in [0, 0.1) is 11.8 Å². The fourth-order valence-corrected chi connectivity index (χ4v) is 1.39. The van der Waals surface area contributed by atoms with Crippen LogP contribution in [0.1, 0.15) is 13.8 Å². The first-order valence-corrected chi connectivity index (χ1v) is 3.29. The second-order valence-electron chi connectivity index (χ2n) is 2.16. The standard InChI is InChI=1S/C5H9Br/c1-3-4(2)5(3)6/h3-5H,1-2H3/t3-,4-/m0/s1. The summed E-state index contributed by atoms with van der Waals surface area (Å²) in [5.74, 6) is 1.87. The quantitative estimate of drug-likeness (QED) is 0.462. The van der Waals surface area contributed by atoms with Crippen LogP contribution in [0.3, 0.4) is 0 Å². The van der Waals surface area contributed by atoms with Crippen LogP contribution in [0.2, 0.25) is 0 Å². The minimum absolute atomic E-state index is 0.831. The zero-order valence-electron chi connectivity index (χ0n) is 4.11. The fraction of sp³-hybridized carbons (Fsp3) is 1.00. The molecule has 0 heterocycles. The van der Waals surface area contributed by atoms with Crippen LogP contribution in [0.5, 0.6) is 0 Å². The molecule has 0 spiro atoms. The van der Waals surface area contributed by atoms with Gasteiger partial charge in [0, 0.05) is 4.83 Å². The summed E-state index contributed by atoms with van der Waals surface area (Å²) in [6, 6.07) is 0. The average Bonchev–Trinajstić information content (AvgIpc) is 1.94. The Morgan fingerprint density at radius 3 is 1.33 bits per heavy atom. The van der Waals surface area contributed by atoms with E-state index in [1.807, 2.05) is 0 Å². The minimum atomic E-state index is 0.831. The Morgan fingerprint density at radius 2 is 1.33 bits per heavy atom. The molecule has 0 radical (unpaired) electrons. The molecule has 0 N–H and O–H groups in total. The zero-order valence-corrected chi connectivity index (χ0v) is 5.70. The van der Waals surface area contributed by atoms with Crippen LogP contribution in [0.4, 0.5) is 0 Å². The second-order valence-corrected chi connectivity index (χ2v) is 3.22. The Bertz CT molecular complexity index is 40.7.